The summed E-state index contributed by atoms with van der Waals surface area (Å²) >= 11 is 2.03. The molecular formula is C15H21NS. The Balaban J connectivity index is 1.69. The number of benzene rings is 1. The molecule has 1 N–H and O–H groups in total. The molecular weight excluding hydrogens is 226 g/mol. The van der Waals surface area contributed by atoms with E-state index in [1.165, 1.54) is 36.3 Å². The summed E-state index contributed by atoms with van der Waals surface area (Å²) in [5.74, 6) is 3.03. The highest BCUT2D eigenvalue weighted by Gasteiger charge is 2.30. The van der Waals surface area contributed by atoms with Crippen LogP contribution in [0.5, 0.6) is 0 Å². The van der Waals surface area contributed by atoms with E-state index in [0.717, 1.165) is 11.8 Å². The van der Waals surface area contributed by atoms with Crippen LogP contribution in [-0.4, -0.2) is 18.8 Å². The maximum Gasteiger partial charge on any atom is 0.0141 e. The van der Waals surface area contributed by atoms with E-state index in [0.29, 0.717) is 6.04 Å². The molecule has 92 valence electrons. The van der Waals surface area contributed by atoms with Gasteiger partial charge in [0.15, 0.2) is 0 Å². The topological polar surface area (TPSA) is 12.0 Å². The fraction of sp³-hybridized carbons (Fsp3) is 0.600. The van der Waals surface area contributed by atoms with Crippen molar-refractivity contribution in [2.45, 2.75) is 42.5 Å². The molecule has 1 aromatic rings. The normalized spacial score (nSPS) is 24.6. The van der Waals surface area contributed by atoms with E-state index < -0.39 is 0 Å². The van der Waals surface area contributed by atoms with Crippen LogP contribution in [0.15, 0.2) is 29.2 Å². The van der Waals surface area contributed by atoms with Crippen molar-refractivity contribution in [3.05, 3.63) is 29.8 Å². The molecule has 2 aliphatic rings. The van der Waals surface area contributed by atoms with E-state index in [1.807, 2.05) is 11.8 Å². The highest BCUT2D eigenvalue weighted by atomic mass is 32.2. The summed E-state index contributed by atoms with van der Waals surface area (Å²) in [5, 5.41) is 3.55. The first-order valence-corrected chi connectivity index (χ1v) is 7.76. The van der Waals surface area contributed by atoms with Crippen molar-refractivity contribution in [1.29, 1.82) is 0 Å². The second-order valence-electron chi connectivity index (χ2n) is 5.37. The molecule has 2 heteroatoms. The first-order chi connectivity index (χ1) is 8.38. The summed E-state index contributed by atoms with van der Waals surface area (Å²) in [7, 11) is 2.13. The van der Waals surface area contributed by atoms with E-state index in [2.05, 4.69) is 36.6 Å². The minimum absolute atomic E-state index is 0.673. The standard InChI is InChI=1S/C15H21NS/c1-16-14(9-8-11-6-7-11)13-10-17-15-5-3-2-4-12(13)15/h2-5,11,13-14,16H,6-10H2,1H3. The molecule has 1 nitrogen and oxygen atoms in total. The van der Waals surface area contributed by atoms with Crippen LogP contribution in [0.4, 0.5) is 0 Å². The number of hydrogen-bond acceptors (Lipinski definition) is 2. The Bertz CT molecular complexity index is 386. The van der Waals surface area contributed by atoms with E-state index in [1.54, 1.807) is 5.56 Å². The minimum atomic E-state index is 0.673. The number of likely N-dealkylation sites (N-methyl/N-ethyl adjacent to an activating group) is 1. The van der Waals surface area contributed by atoms with Crippen LogP contribution >= 0.6 is 11.8 Å². The zero-order valence-electron chi connectivity index (χ0n) is 10.5. The monoisotopic (exact) mass is 247 g/mol. The number of thioether (sulfide) groups is 1. The zero-order chi connectivity index (χ0) is 11.7. The van der Waals surface area contributed by atoms with Crippen molar-refractivity contribution in [3.8, 4) is 0 Å². The lowest BCUT2D eigenvalue weighted by molar-refractivity contribution is 0.436. The Morgan fingerprint density at radius 2 is 2.18 bits per heavy atom. The first-order valence-electron chi connectivity index (χ1n) is 6.77. The van der Waals surface area contributed by atoms with Gasteiger partial charge < -0.3 is 5.32 Å². The molecule has 0 saturated heterocycles. The molecule has 17 heavy (non-hydrogen) atoms. The lowest BCUT2D eigenvalue weighted by atomic mass is 9.90. The number of fused-ring (bicyclic) bond motifs is 1. The van der Waals surface area contributed by atoms with Crippen molar-refractivity contribution in [2.24, 2.45) is 5.92 Å². The lowest BCUT2D eigenvalue weighted by Gasteiger charge is -2.23. The summed E-state index contributed by atoms with van der Waals surface area (Å²) in [6.45, 7) is 0. The molecule has 3 rings (SSSR count). The molecule has 1 aliphatic carbocycles. The number of hydrogen-bond donors (Lipinski definition) is 1. The second kappa shape index (κ2) is 5.03. The highest BCUT2D eigenvalue weighted by molar-refractivity contribution is 7.99. The number of nitrogens with one attached hydrogen (secondary N) is 1. The molecule has 1 aromatic carbocycles. The molecule has 0 aromatic heterocycles. The van der Waals surface area contributed by atoms with Crippen LogP contribution in [0.1, 0.15) is 37.2 Å². The maximum absolute atomic E-state index is 3.55. The van der Waals surface area contributed by atoms with Gasteiger partial charge in [-0.2, -0.15) is 0 Å². The van der Waals surface area contributed by atoms with Gasteiger partial charge in [0.05, 0.1) is 0 Å². The average Bonchev–Trinajstić information content (AvgIpc) is 3.10. The van der Waals surface area contributed by atoms with Crippen LogP contribution in [-0.2, 0) is 0 Å². The summed E-state index contributed by atoms with van der Waals surface area (Å²) in [4.78, 5) is 1.50. The van der Waals surface area contributed by atoms with Crippen LogP contribution in [0.2, 0.25) is 0 Å². The van der Waals surface area contributed by atoms with Gasteiger partial charge in [0.2, 0.25) is 0 Å². The quantitative estimate of drug-likeness (QED) is 0.852. The third kappa shape index (κ3) is 2.53. The molecule has 2 atom stereocenters. The molecule has 0 radical (unpaired) electrons. The Morgan fingerprint density at radius 1 is 1.35 bits per heavy atom. The van der Waals surface area contributed by atoms with Crippen molar-refractivity contribution in [2.75, 3.05) is 12.8 Å². The Kier molecular flexibility index (Phi) is 3.44. The van der Waals surface area contributed by atoms with Crippen LogP contribution < -0.4 is 5.32 Å². The van der Waals surface area contributed by atoms with E-state index >= 15 is 0 Å². The smallest absolute Gasteiger partial charge is 0.0141 e. The Labute approximate surface area is 108 Å². The van der Waals surface area contributed by atoms with Crippen LogP contribution in [0.3, 0.4) is 0 Å². The molecule has 2 unspecified atom stereocenters. The van der Waals surface area contributed by atoms with Gasteiger partial charge in [-0.3, -0.25) is 0 Å². The van der Waals surface area contributed by atoms with Gasteiger partial charge in [-0.05, 0) is 37.4 Å². The minimum Gasteiger partial charge on any atom is -0.316 e. The third-order valence-electron chi connectivity index (χ3n) is 4.18. The first kappa shape index (κ1) is 11.6. The van der Waals surface area contributed by atoms with Gasteiger partial charge in [-0.15, -0.1) is 11.8 Å². The predicted octanol–water partition coefficient (Wildman–Crippen LogP) is 3.65. The fourth-order valence-electron chi connectivity index (χ4n) is 2.89. The largest absolute Gasteiger partial charge is 0.316 e. The molecule has 1 aliphatic heterocycles. The Morgan fingerprint density at radius 3 is 2.94 bits per heavy atom. The van der Waals surface area contributed by atoms with Gasteiger partial charge >= 0.3 is 0 Å². The average molecular weight is 247 g/mol. The van der Waals surface area contributed by atoms with Gasteiger partial charge in [-0.1, -0.05) is 31.0 Å². The van der Waals surface area contributed by atoms with Crippen LogP contribution in [0, 0.1) is 5.92 Å². The predicted molar refractivity (Wildman–Crippen MR) is 74.7 cm³/mol. The maximum atomic E-state index is 3.55. The summed E-state index contributed by atoms with van der Waals surface area (Å²) in [6, 6.07) is 9.61. The van der Waals surface area contributed by atoms with Gasteiger partial charge in [0.25, 0.3) is 0 Å². The second-order valence-corrected chi connectivity index (χ2v) is 6.43. The van der Waals surface area contributed by atoms with Gasteiger partial charge in [0, 0.05) is 22.6 Å². The van der Waals surface area contributed by atoms with Crippen molar-refractivity contribution in [1.82, 2.24) is 5.32 Å². The lowest BCUT2D eigenvalue weighted by Crippen LogP contribution is -2.32. The number of rotatable bonds is 5. The molecule has 0 bridgehead atoms. The molecule has 1 heterocycles. The zero-order valence-corrected chi connectivity index (χ0v) is 11.3. The van der Waals surface area contributed by atoms with Gasteiger partial charge in [-0.25, -0.2) is 0 Å². The van der Waals surface area contributed by atoms with Crippen molar-refractivity contribution < 1.29 is 0 Å². The Hall–Kier alpha value is -0.470. The molecule has 1 saturated carbocycles. The fourth-order valence-corrected chi connectivity index (χ4v) is 4.22. The summed E-state index contributed by atoms with van der Waals surface area (Å²) in [5.41, 5.74) is 1.58. The van der Waals surface area contributed by atoms with E-state index in [4.69, 9.17) is 0 Å². The molecule has 0 spiro atoms. The highest BCUT2D eigenvalue weighted by Crippen LogP contribution is 2.43. The molecule has 1 fully saturated rings. The van der Waals surface area contributed by atoms with Gasteiger partial charge in [0.1, 0.15) is 0 Å². The summed E-state index contributed by atoms with van der Waals surface area (Å²) in [6.07, 6.45) is 5.73. The molecule has 0 amide bonds. The van der Waals surface area contributed by atoms with E-state index in [9.17, 15) is 0 Å². The van der Waals surface area contributed by atoms with E-state index in [-0.39, 0.29) is 0 Å². The van der Waals surface area contributed by atoms with Crippen molar-refractivity contribution in [3.63, 3.8) is 0 Å². The summed E-state index contributed by atoms with van der Waals surface area (Å²) < 4.78 is 0. The van der Waals surface area contributed by atoms with Crippen molar-refractivity contribution >= 4 is 11.8 Å². The third-order valence-corrected chi connectivity index (χ3v) is 5.38. The SMILES string of the molecule is CNC(CCC1CC1)C1CSc2ccccc21. The van der Waals surface area contributed by atoms with Crippen LogP contribution in [0.25, 0.3) is 0 Å².